The van der Waals surface area contributed by atoms with Crippen LogP contribution < -0.4 is 14.8 Å². The van der Waals surface area contributed by atoms with E-state index in [0.717, 1.165) is 5.56 Å². The monoisotopic (exact) mass is 482 g/mol. The minimum Gasteiger partial charge on any atom is -0.497 e. The van der Waals surface area contributed by atoms with Gasteiger partial charge in [0.25, 0.3) is 5.89 Å². The smallest absolute Gasteiger partial charge is 0.322 e. The van der Waals surface area contributed by atoms with E-state index in [0.29, 0.717) is 42.2 Å². The number of carbonyl (C=O) groups is 1. The van der Waals surface area contributed by atoms with E-state index in [9.17, 15) is 9.18 Å². The highest BCUT2D eigenvalue weighted by molar-refractivity contribution is 5.87. The molecule has 1 atom stereocenters. The van der Waals surface area contributed by atoms with Crippen LogP contribution >= 0.6 is 0 Å². The summed E-state index contributed by atoms with van der Waals surface area (Å²) in [6.45, 7) is 2.80. The number of hydrogen-bond donors (Lipinski definition) is 1. The molecule has 1 aliphatic heterocycles. The van der Waals surface area contributed by atoms with Crippen LogP contribution in [0, 0.1) is 5.82 Å². The average molecular weight is 483 g/mol. The summed E-state index contributed by atoms with van der Waals surface area (Å²) in [5.74, 6) is 0.676. The van der Waals surface area contributed by atoms with Gasteiger partial charge in [0.15, 0.2) is 11.6 Å². The zero-order chi connectivity index (χ0) is 24.9. The lowest BCUT2D eigenvalue weighted by atomic mass is 9.94. The molecule has 0 bridgehead atoms. The summed E-state index contributed by atoms with van der Waals surface area (Å²) < 4.78 is 35.4. The van der Waals surface area contributed by atoms with Crippen LogP contribution in [0.5, 0.6) is 11.5 Å². The van der Waals surface area contributed by atoms with Crippen molar-refractivity contribution in [2.45, 2.75) is 19.4 Å². The van der Waals surface area contributed by atoms with Gasteiger partial charge < -0.3 is 24.1 Å². The summed E-state index contributed by atoms with van der Waals surface area (Å²) >= 11 is 0. The van der Waals surface area contributed by atoms with Crippen LogP contribution in [0.3, 0.4) is 0 Å². The lowest BCUT2D eigenvalue weighted by Crippen LogP contribution is -2.46. The number of rotatable bonds is 9. The summed E-state index contributed by atoms with van der Waals surface area (Å²) in [7, 11) is 4.59. The summed E-state index contributed by atoms with van der Waals surface area (Å²) in [6.07, 6.45) is 0.651. The Bertz CT molecular complexity index is 1240. The topological polar surface area (TPSA) is 99.0 Å². The molecule has 0 spiro atoms. The Labute approximate surface area is 202 Å². The van der Waals surface area contributed by atoms with Gasteiger partial charge in [-0.3, -0.25) is 4.90 Å². The first-order valence-corrected chi connectivity index (χ1v) is 11.1. The van der Waals surface area contributed by atoms with E-state index in [1.807, 2.05) is 31.2 Å². The molecule has 0 saturated heterocycles. The van der Waals surface area contributed by atoms with Crippen molar-refractivity contribution in [1.82, 2.24) is 20.4 Å². The van der Waals surface area contributed by atoms with Crippen molar-refractivity contribution in [3.63, 3.8) is 0 Å². The van der Waals surface area contributed by atoms with Crippen molar-refractivity contribution in [3.05, 3.63) is 65.4 Å². The number of nitrogens with one attached hydrogen (secondary N) is 1. The maximum Gasteiger partial charge on any atom is 0.322 e. The van der Waals surface area contributed by atoms with Crippen molar-refractivity contribution >= 4 is 11.6 Å². The largest absolute Gasteiger partial charge is 0.497 e. The third-order valence-corrected chi connectivity index (χ3v) is 5.82. The Morgan fingerprint density at radius 1 is 1.14 bits per heavy atom. The van der Waals surface area contributed by atoms with Gasteiger partial charge in [0, 0.05) is 31.5 Å². The molecule has 4 rings (SSSR count). The number of urea groups is 1. The van der Waals surface area contributed by atoms with Gasteiger partial charge in [-0.15, -0.1) is 0 Å². The van der Waals surface area contributed by atoms with Crippen molar-refractivity contribution in [3.8, 4) is 22.9 Å². The fourth-order valence-electron chi connectivity index (χ4n) is 4.02. The van der Waals surface area contributed by atoms with E-state index < -0.39 is 11.9 Å². The molecule has 1 aromatic heterocycles. The van der Waals surface area contributed by atoms with Crippen molar-refractivity contribution in [2.75, 3.05) is 34.5 Å². The molecule has 0 radical (unpaired) electrons. The zero-order valence-electron chi connectivity index (χ0n) is 20.0. The molecular weight excluding hydrogens is 455 g/mol. The molecule has 3 aromatic rings. The van der Waals surface area contributed by atoms with Gasteiger partial charge in [0.2, 0.25) is 5.82 Å². The number of halogens is 1. The third-order valence-electron chi connectivity index (χ3n) is 5.82. The summed E-state index contributed by atoms with van der Waals surface area (Å²) in [6, 6.07) is 11.0. The predicted octanol–water partition coefficient (Wildman–Crippen LogP) is 4.43. The molecule has 2 heterocycles. The molecular formula is C25H27FN4O5. The number of amides is 2. The van der Waals surface area contributed by atoms with Crippen LogP contribution in [-0.4, -0.2) is 55.6 Å². The van der Waals surface area contributed by atoms with Gasteiger partial charge in [-0.2, -0.15) is 4.98 Å². The number of nitrogens with zero attached hydrogens (tertiary/aromatic N) is 3. The van der Waals surface area contributed by atoms with Gasteiger partial charge in [0.1, 0.15) is 5.75 Å². The predicted molar refractivity (Wildman–Crippen MR) is 126 cm³/mol. The van der Waals surface area contributed by atoms with Gasteiger partial charge in [0.05, 0.1) is 25.8 Å². The van der Waals surface area contributed by atoms with E-state index in [2.05, 4.69) is 15.5 Å². The standard InChI is InChI=1S/C25H27FN4O5/c1-15-21(24-28-23(29-35-24)17-9-10-20(34-4)19(26)14-17)22(16-7-5-8-18(13-16)33-3)27-25(31)30(15)11-6-12-32-2/h5,7-10,13-14,22H,6,11-12H2,1-4H3,(H,27,31). The molecule has 0 fully saturated rings. The number of carbonyl (C=O) groups excluding carboxylic acids is 1. The second-order valence-electron chi connectivity index (χ2n) is 7.93. The van der Waals surface area contributed by atoms with Crippen molar-refractivity contribution in [1.29, 1.82) is 0 Å². The van der Waals surface area contributed by atoms with E-state index in [4.69, 9.17) is 18.7 Å². The lowest BCUT2D eigenvalue weighted by Gasteiger charge is -2.35. The first kappa shape index (κ1) is 24.2. The van der Waals surface area contributed by atoms with E-state index in [1.165, 1.54) is 19.2 Å². The fraction of sp³-hybridized carbons (Fsp3) is 0.320. The molecule has 2 aromatic carbocycles. The maximum atomic E-state index is 14.3. The number of benzene rings is 2. The summed E-state index contributed by atoms with van der Waals surface area (Å²) in [4.78, 5) is 19.2. The minimum atomic E-state index is -0.558. The highest BCUT2D eigenvalue weighted by Crippen LogP contribution is 2.38. The van der Waals surface area contributed by atoms with Crippen LogP contribution in [0.1, 0.15) is 30.8 Å². The molecule has 1 unspecified atom stereocenters. The number of hydrogen-bond acceptors (Lipinski definition) is 7. The summed E-state index contributed by atoms with van der Waals surface area (Å²) in [5.41, 5.74) is 2.54. The Balaban J connectivity index is 1.77. The van der Waals surface area contributed by atoms with E-state index in [-0.39, 0.29) is 23.5 Å². The molecule has 10 heteroatoms. The van der Waals surface area contributed by atoms with E-state index >= 15 is 0 Å². The Hall–Kier alpha value is -3.92. The highest BCUT2D eigenvalue weighted by Gasteiger charge is 2.35. The number of aromatic nitrogens is 2. The van der Waals surface area contributed by atoms with Crippen LogP contribution in [0.2, 0.25) is 0 Å². The number of allylic oxidation sites excluding steroid dienone is 1. The molecule has 184 valence electrons. The average Bonchev–Trinajstić information content (AvgIpc) is 3.35. The second-order valence-corrected chi connectivity index (χ2v) is 7.93. The first-order chi connectivity index (χ1) is 17.0. The van der Waals surface area contributed by atoms with Gasteiger partial charge in [-0.1, -0.05) is 17.3 Å². The molecule has 1 N–H and O–H groups in total. The van der Waals surface area contributed by atoms with Crippen LogP contribution in [0.4, 0.5) is 9.18 Å². The van der Waals surface area contributed by atoms with Gasteiger partial charge in [-0.05, 0) is 49.2 Å². The van der Waals surface area contributed by atoms with E-state index in [1.54, 1.807) is 25.2 Å². The van der Waals surface area contributed by atoms with Crippen molar-refractivity contribution < 1.29 is 27.9 Å². The first-order valence-electron chi connectivity index (χ1n) is 11.1. The molecule has 1 aliphatic rings. The highest BCUT2D eigenvalue weighted by atomic mass is 19.1. The Morgan fingerprint density at radius 2 is 1.97 bits per heavy atom. The zero-order valence-corrected chi connectivity index (χ0v) is 20.0. The quantitative estimate of drug-likeness (QED) is 0.451. The second kappa shape index (κ2) is 10.6. The molecule has 0 saturated carbocycles. The van der Waals surface area contributed by atoms with Crippen LogP contribution in [0.15, 0.2) is 52.7 Å². The normalized spacial score (nSPS) is 15.9. The Morgan fingerprint density at radius 3 is 2.69 bits per heavy atom. The van der Waals surface area contributed by atoms with Gasteiger partial charge in [-0.25, -0.2) is 9.18 Å². The van der Waals surface area contributed by atoms with Crippen LogP contribution in [-0.2, 0) is 4.74 Å². The van der Waals surface area contributed by atoms with Crippen molar-refractivity contribution in [2.24, 2.45) is 0 Å². The molecule has 0 aliphatic carbocycles. The minimum absolute atomic E-state index is 0.121. The summed E-state index contributed by atoms with van der Waals surface area (Å²) in [5, 5.41) is 7.11. The third kappa shape index (κ3) is 4.97. The number of ether oxygens (including phenoxy) is 3. The SMILES string of the molecule is COCCCN1C(=O)NC(c2cccc(OC)c2)C(c2nc(-c3ccc(OC)c(F)c3)no2)=C1C. The fourth-order valence-corrected chi connectivity index (χ4v) is 4.02. The molecule has 9 nitrogen and oxygen atoms in total. The lowest BCUT2D eigenvalue weighted by molar-refractivity contribution is 0.174. The van der Waals surface area contributed by atoms with Crippen LogP contribution in [0.25, 0.3) is 17.0 Å². The molecule has 2 amide bonds. The maximum absolute atomic E-state index is 14.3. The van der Waals surface area contributed by atoms with Gasteiger partial charge >= 0.3 is 6.03 Å². The Kier molecular flexibility index (Phi) is 7.31. The number of methoxy groups -OCH3 is 3. The molecule has 35 heavy (non-hydrogen) atoms.